The Morgan fingerprint density at radius 1 is 1.21 bits per heavy atom. The lowest BCUT2D eigenvalue weighted by atomic mass is 9.80. The maximum atomic E-state index is 12.7. The minimum Gasteiger partial charge on any atom is -0.277 e. The molecule has 5 nitrogen and oxygen atoms in total. The Kier molecular flexibility index (Phi) is 3.41. The van der Waals surface area contributed by atoms with Crippen molar-refractivity contribution in [2.45, 2.75) is 64.8 Å². The lowest BCUT2D eigenvalue weighted by molar-refractivity contribution is -0.154. The Bertz CT molecular complexity index is 422. The van der Waals surface area contributed by atoms with Gasteiger partial charge in [0.2, 0.25) is 11.8 Å². The summed E-state index contributed by atoms with van der Waals surface area (Å²) in [6, 6.07) is -0.564. The van der Waals surface area contributed by atoms with Crippen molar-refractivity contribution in [2.24, 2.45) is 5.41 Å². The molecule has 0 unspecified atom stereocenters. The van der Waals surface area contributed by atoms with E-state index in [-0.39, 0.29) is 5.91 Å². The molecule has 1 N–H and O–H groups in total. The van der Waals surface area contributed by atoms with Crippen LogP contribution in [-0.4, -0.2) is 28.3 Å². The van der Waals surface area contributed by atoms with E-state index in [0.29, 0.717) is 12.8 Å². The molecule has 0 aromatic heterocycles. The molecule has 5 heteroatoms. The molecule has 2 rings (SSSR count). The molecule has 2 aliphatic rings. The van der Waals surface area contributed by atoms with Gasteiger partial charge in [-0.25, -0.2) is 4.79 Å². The summed E-state index contributed by atoms with van der Waals surface area (Å²) in [6.07, 6.45) is 4.47. The average Bonchev–Trinajstić information content (AvgIpc) is 2.76. The Morgan fingerprint density at radius 2 is 1.79 bits per heavy atom. The number of hydrogen-bond acceptors (Lipinski definition) is 3. The predicted molar refractivity (Wildman–Crippen MR) is 70.3 cm³/mol. The number of carbonyl (C=O) groups excluding carboxylic acids is 3. The van der Waals surface area contributed by atoms with Gasteiger partial charge >= 0.3 is 6.03 Å². The zero-order valence-corrected chi connectivity index (χ0v) is 11.9. The molecule has 1 aliphatic carbocycles. The Balaban J connectivity index is 2.36. The van der Waals surface area contributed by atoms with E-state index >= 15 is 0 Å². The van der Waals surface area contributed by atoms with Crippen molar-refractivity contribution in [1.82, 2.24) is 10.2 Å². The number of nitrogens with zero attached hydrogens (tertiary/aromatic N) is 1. The van der Waals surface area contributed by atoms with Gasteiger partial charge in [0.15, 0.2) is 0 Å². The molecular formula is C14H22N2O3. The summed E-state index contributed by atoms with van der Waals surface area (Å²) in [5, 5.41) is 2.38. The number of barbiturate groups is 1. The first kappa shape index (κ1) is 14.0. The molecular weight excluding hydrogens is 244 g/mol. The van der Waals surface area contributed by atoms with Crippen molar-refractivity contribution in [1.29, 1.82) is 0 Å². The second-order valence-corrected chi connectivity index (χ2v) is 6.25. The fourth-order valence-corrected chi connectivity index (χ4v) is 3.37. The third-order valence-corrected chi connectivity index (χ3v) is 4.39. The van der Waals surface area contributed by atoms with Crippen LogP contribution in [0, 0.1) is 5.41 Å². The second-order valence-electron chi connectivity index (χ2n) is 6.25. The van der Waals surface area contributed by atoms with Gasteiger partial charge < -0.3 is 0 Å². The van der Waals surface area contributed by atoms with Crippen molar-refractivity contribution < 1.29 is 14.4 Å². The number of carbonyl (C=O) groups is 3. The van der Waals surface area contributed by atoms with Gasteiger partial charge in [0, 0.05) is 5.54 Å². The maximum Gasteiger partial charge on any atom is 0.331 e. The smallest absolute Gasteiger partial charge is 0.277 e. The van der Waals surface area contributed by atoms with E-state index in [1.807, 2.05) is 20.8 Å². The van der Waals surface area contributed by atoms with Crippen LogP contribution in [0.15, 0.2) is 0 Å². The van der Waals surface area contributed by atoms with Crippen LogP contribution in [0.2, 0.25) is 0 Å². The van der Waals surface area contributed by atoms with Gasteiger partial charge in [-0.15, -0.1) is 0 Å². The van der Waals surface area contributed by atoms with Crippen molar-refractivity contribution in [3.8, 4) is 0 Å². The van der Waals surface area contributed by atoms with Gasteiger partial charge in [0.05, 0.1) is 0 Å². The third-order valence-electron chi connectivity index (χ3n) is 4.39. The van der Waals surface area contributed by atoms with Crippen LogP contribution in [-0.2, 0) is 9.59 Å². The summed E-state index contributed by atoms with van der Waals surface area (Å²) in [5.74, 6) is -0.694. The number of urea groups is 1. The molecule has 1 saturated carbocycles. The monoisotopic (exact) mass is 266 g/mol. The van der Waals surface area contributed by atoms with Gasteiger partial charge in [-0.2, -0.15) is 0 Å². The minimum absolute atomic E-state index is 0.294. The zero-order chi connectivity index (χ0) is 14.3. The lowest BCUT2D eigenvalue weighted by Crippen LogP contribution is -2.67. The van der Waals surface area contributed by atoms with Crippen LogP contribution in [0.5, 0.6) is 0 Å². The number of imide groups is 2. The van der Waals surface area contributed by atoms with Crippen LogP contribution >= 0.6 is 0 Å². The summed E-state index contributed by atoms with van der Waals surface area (Å²) < 4.78 is 0. The zero-order valence-electron chi connectivity index (χ0n) is 11.9. The van der Waals surface area contributed by atoms with Crippen molar-refractivity contribution in [3.05, 3.63) is 0 Å². The Labute approximate surface area is 113 Å². The number of amides is 4. The highest BCUT2D eigenvalue weighted by Crippen LogP contribution is 2.43. The van der Waals surface area contributed by atoms with E-state index in [4.69, 9.17) is 0 Å². The highest BCUT2D eigenvalue weighted by atomic mass is 16.2. The topological polar surface area (TPSA) is 66.5 Å². The standard InChI is InChI=1S/C14H22N2O3/c1-4-7-13(2,3)16-11(18)14(8-5-6-9-14)10(17)15-12(16)19/h4-9H2,1-3H3,(H,15,17,19). The fraction of sp³-hybridized carbons (Fsp3) is 0.786. The van der Waals surface area contributed by atoms with Gasteiger partial charge in [-0.1, -0.05) is 26.2 Å². The van der Waals surface area contributed by atoms with Gasteiger partial charge in [0.1, 0.15) is 5.41 Å². The van der Waals surface area contributed by atoms with Crippen LogP contribution in [0.25, 0.3) is 0 Å². The first-order valence-corrected chi connectivity index (χ1v) is 7.05. The Morgan fingerprint density at radius 3 is 2.32 bits per heavy atom. The van der Waals surface area contributed by atoms with Crippen LogP contribution in [0.3, 0.4) is 0 Å². The summed E-state index contributed by atoms with van der Waals surface area (Å²) in [6.45, 7) is 5.78. The van der Waals surface area contributed by atoms with Crippen LogP contribution < -0.4 is 5.32 Å². The molecule has 0 aromatic carbocycles. The maximum absolute atomic E-state index is 12.7. The van der Waals surface area contributed by atoms with Gasteiger partial charge in [-0.3, -0.25) is 19.8 Å². The SMILES string of the molecule is CCCC(C)(C)N1C(=O)NC(=O)C2(CCCC2)C1=O. The van der Waals surface area contributed by atoms with Crippen molar-refractivity contribution >= 4 is 17.8 Å². The van der Waals surface area contributed by atoms with Crippen LogP contribution in [0.1, 0.15) is 59.3 Å². The van der Waals surface area contributed by atoms with Crippen LogP contribution in [0.4, 0.5) is 4.79 Å². The largest absolute Gasteiger partial charge is 0.331 e. The average molecular weight is 266 g/mol. The predicted octanol–water partition coefficient (Wildman–Crippen LogP) is 2.20. The van der Waals surface area contributed by atoms with E-state index < -0.39 is 22.9 Å². The first-order valence-electron chi connectivity index (χ1n) is 7.05. The number of hydrogen-bond donors (Lipinski definition) is 1. The molecule has 19 heavy (non-hydrogen) atoms. The highest BCUT2D eigenvalue weighted by Gasteiger charge is 2.57. The van der Waals surface area contributed by atoms with Gasteiger partial charge in [-0.05, 0) is 33.1 Å². The molecule has 1 saturated heterocycles. The van der Waals surface area contributed by atoms with Crippen molar-refractivity contribution in [3.63, 3.8) is 0 Å². The number of nitrogens with one attached hydrogen (secondary N) is 1. The second kappa shape index (κ2) is 4.62. The molecule has 2 fully saturated rings. The molecule has 1 spiro atoms. The molecule has 1 aliphatic heterocycles. The molecule has 4 amide bonds. The molecule has 0 atom stereocenters. The van der Waals surface area contributed by atoms with E-state index in [0.717, 1.165) is 25.7 Å². The minimum atomic E-state index is -0.987. The van der Waals surface area contributed by atoms with E-state index in [2.05, 4.69) is 5.32 Å². The van der Waals surface area contributed by atoms with Gasteiger partial charge in [0.25, 0.3) is 0 Å². The fourth-order valence-electron chi connectivity index (χ4n) is 3.37. The van der Waals surface area contributed by atoms with Crippen molar-refractivity contribution in [2.75, 3.05) is 0 Å². The molecule has 106 valence electrons. The summed E-state index contributed by atoms with van der Waals surface area (Å²) in [5.41, 5.74) is -1.54. The molecule has 1 heterocycles. The van der Waals surface area contributed by atoms with E-state index in [1.165, 1.54) is 4.90 Å². The molecule has 0 radical (unpaired) electrons. The summed E-state index contributed by atoms with van der Waals surface area (Å²) in [7, 11) is 0. The molecule has 0 bridgehead atoms. The lowest BCUT2D eigenvalue weighted by Gasteiger charge is -2.44. The molecule has 0 aromatic rings. The van der Waals surface area contributed by atoms with E-state index in [9.17, 15) is 14.4 Å². The van der Waals surface area contributed by atoms with E-state index in [1.54, 1.807) is 0 Å². The normalized spacial score (nSPS) is 23.1. The third kappa shape index (κ3) is 2.05. The summed E-state index contributed by atoms with van der Waals surface area (Å²) in [4.78, 5) is 38.2. The quantitative estimate of drug-likeness (QED) is 0.796. The first-order chi connectivity index (χ1) is 8.85. The highest BCUT2D eigenvalue weighted by molar-refractivity contribution is 6.19. The summed E-state index contributed by atoms with van der Waals surface area (Å²) >= 11 is 0. The Hall–Kier alpha value is -1.39. The number of rotatable bonds is 3.